The largest absolute Gasteiger partial charge is 0.320 e. The van der Waals surface area contributed by atoms with Gasteiger partial charge in [0.05, 0.1) is 6.54 Å². The van der Waals surface area contributed by atoms with Crippen LogP contribution >= 0.6 is 0 Å². The first-order valence-electron chi connectivity index (χ1n) is 6.52. The lowest BCUT2D eigenvalue weighted by Gasteiger charge is -2.07. The van der Waals surface area contributed by atoms with E-state index in [0.717, 1.165) is 12.2 Å². The van der Waals surface area contributed by atoms with Crippen molar-refractivity contribution in [2.45, 2.75) is 32.0 Å². The van der Waals surface area contributed by atoms with Gasteiger partial charge in [-0.25, -0.2) is 13.1 Å². The Hall–Kier alpha value is -1.78. The molecule has 21 heavy (non-hydrogen) atoms. The fourth-order valence-corrected chi connectivity index (χ4v) is 2.98. The third-order valence-electron chi connectivity index (χ3n) is 3.07. The molecular weight excluding hydrogens is 294 g/mol. The summed E-state index contributed by atoms with van der Waals surface area (Å²) < 4.78 is 28.9. The molecule has 0 spiro atoms. The number of aromatic nitrogens is 5. The molecule has 9 nitrogen and oxygen atoms in total. The maximum Gasteiger partial charge on any atom is 0.260 e. The molecule has 0 amide bonds. The molecule has 0 atom stereocenters. The van der Waals surface area contributed by atoms with Gasteiger partial charge in [-0.3, -0.25) is 5.10 Å². The first-order valence-corrected chi connectivity index (χ1v) is 8.01. The highest BCUT2D eigenvalue weighted by Crippen LogP contribution is 2.16. The average molecular weight is 313 g/mol. The molecule has 0 saturated carbocycles. The maximum atomic E-state index is 12.4. The molecule has 0 bridgehead atoms. The van der Waals surface area contributed by atoms with Gasteiger partial charge in [-0.2, -0.15) is 5.10 Å². The summed E-state index contributed by atoms with van der Waals surface area (Å²) in [5, 5.41) is 17.3. The van der Waals surface area contributed by atoms with E-state index >= 15 is 0 Å². The highest BCUT2D eigenvalue weighted by molar-refractivity contribution is 7.89. The van der Waals surface area contributed by atoms with Crippen molar-refractivity contribution in [3.05, 3.63) is 23.4 Å². The van der Waals surface area contributed by atoms with E-state index in [4.69, 9.17) is 0 Å². The number of nitrogens with one attached hydrogen (secondary N) is 3. The lowest BCUT2D eigenvalue weighted by Crippen LogP contribution is -2.27. The number of nitrogens with zero attached hydrogens (tertiary/aromatic N) is 4. The Morgan fingerprint density at radius 1 is 1.38 bits per heavy atom. The maximum absolute atomic E-state index is 12.4. The van der Waals surface area contributed by atoms with Gasteiger partial charge in [-0.1, -0.05) is 6.92 Å². The van der Waals surface area contributed by atoms with Gasteiger partial charge >= 0.3 is 0 Å². The Morgan fingerprint density at radius 2 is 2.14 bits per heavy atom. The van der Waals surface area contributed by atoms with Crippen LogP contribution in [0.3, 0.4) is 0 Å². The molecule has 3 N–H and O–H groups in total. The molecule has 0 aromatic carbocycles. The second-order valence-electron chi connectivity index (χ2n) is 4.60. The SMILES string of the molecule is CCNCc1c(S(=O)(=O)NCc2nncn2C)n[nH]c1C. The second kappa shape index (κ2) is 6.33. The molecule has 0 saturated heterocycles. The van der Waals surface area contributed by atoms with Gasteiger partial charge < -0.3 is 9.88 Å². The van der Waals surface area contributed by atoms with Crippen LogP contribution in [0.1, 0.15) is 24.0 Å². The molecule has 0 aliphatic carbocycles. The lowest BCUT2D eigenvalue weighted by atomic mass is 10.2. The van der Waals surface area contributed by atoms with Crippen LogP contribution in [0.2, 0.25) is 0 Å². The van der Waals surface area contributed by atoms with Gasteiger partial charge in [0, 0.05) is 24.8 Å². The zero-order chi connectivity index (χ0) is 15.5. The summed E-state index contributed by atoms with van der Waals surface area (Å²) in [5.74, 6) is 0.527. The molecule has 0 fully saturated rings. The Bertz CT molecular complexity index is 704. The number of aryl methyl sites for hydroxylation is 2. The summed E-state index contributed by atoms with van der Waals surface area (Å²) in [5.41, 5.74) is 1.37. The van der Waals surface area contributed by atoms with Crippen LogP contribution in [0.25, 0.3) is 0 Å². The van der Waals surface area contributed by atoms with Crippen molar-refractivity contribution < 1.29 is 8.42 Å². The van der Waals surface area contributed by atoms with Crippen LogP contribution < -0.4 is 10.0 Å². The van der Waals surface area contributed by atoms with Crippen LogP contribution in [-0.4, -0.2) is 39.9 Å². The first kappa shape index (κ1) is 15.6. The third-order valence-corrected chi connectivity index (χ3v) is 4.44. The molecule has 10 heteroatoms. The number of hydrogen-bond donors (Lipinski definition) is 3. The number of sulfonamides is 1. The summed E-state index contributed by atoms with van der Waals surface area (Å²) in [4.78, 5) is 0. The van der Waals surface area contributed by atoms with E-state index in [1.807, 2.05) is 6.92 Å². The molecule has 2 aromatic rings. The smallest absolute Gasteiger partial charge is 0.260 e. The molecule has 2 heterocycles. The summed E-state index contributed by atoms with van der Waals surface area (Å²) >= 11 is 0. The van der Waals surface area contributed by atoms with Crippen molar-refractivity contribution >= 4 is 10.0 Å². The van der Waals surface area contributed by atoms with Crippen molar-refractivity contribution in [2.24, 2.45) is 7.05 Å². The van der Waals surface area contributed by atoms with Crippen molar-refractivity contribution in [1.82, 2.24) is 35.0 Å². The van der Waals surface area contributed by atoms with Crippen molar-refractivity contribution in [3.63, 3.8) is 0 Å². The minimum atomic E-state index is -3.71. The molecule has 0 aliphatic heterocycles. The third kappa shape index (κ3) is 3.46. The number of rotatable bonds is 7. The highest BCUT2D eigenvalue weighted by atomic mass is 32.2. The van der Waals surface area contributed by atoms with Crippen molar-refractivity contribution in [1.29, 1.82) is 0 Å². The van der Waals surface area contributed by atoms with Crippen LogP contribution in [0.5, 0.6) is 0 Å². The molecule has 0 unspecified atom stereocenters. The van der Waals surface area contributed by atoms with E-state index < -0.39 is 10.0 Å². The van der Waals surface area contributed by atoms with Gasteiger partial charge in [0.1, 0.15) is 12.2 Å². The Balaban J connectivity index is 2.18. The predicted octanol–water partition coefficient (Wildman–Crippen LogP) is -0.565. The fourth-order valence-electron chi connectivity index (χ4n) is 1.81. The van der Waals surface area contributed by atoms with Crippen LogP contribution in [0, 0.1) is 6.92 Å². The highest BCUT2D eigenvalue weighted by Gasteiger charge is 2.23. The first-order chi connectivity index (χ1) is 9.95. The summed E-state index contributed by atoms with van der Waals surface area (Å²) in [6, 6.07) is 0. The quantitative estimate of drug-likeness (QED) is 0.630. The van der Waals surface area contributed by atoms with Crippen LogP contribution in [0.4, 0.5) is 0 Å². The van der Waals surface area contributed by atoms with Gasteiger partial charge in [0.25, 0.3) is 10.0 Å². The standard InChI is InChI=1S/C11H19N7O2S/c1-4-12-5-9-8(2)15-17-11(9)21(19,20)14-6-10-16-13-7-18(10)3/h7,12,14H,4-6H2,1-3H3,(H,15,17). The van der Waals surface area contributed by atoms with E-state index in [-0.39, 0.29) is 11.6 Å². The van der Waals surface area contributed by atoms with Crippen LogP contribution in [-0.2, 0) is 30.2 Å². The van der Waals surface area contributed by atoms with Crippen molar-refractivity contribution in [3.8, 4) is 0 Å². The average Bonchev–Trinajstić information content (AvgIpc) is 3.01. The number of hydrogen-bond acceptors (Lipinski definition) is 6. The fraction of sp³-hybridized carbons (Fsp3) is 0.545. The van der Waals surface area contributed by atoms with E-state index in [9.17, 15) is 8.42 Å². The molecule has 2 aromatic heterocycles. The lowest BCUT2D eigenvalue weighted by molar-refractivity contribution is 0.570. The molecular formula is C11H19N7O2S. The van der Waals surface area contributed by atoms with Crippen molar-refractivity contribution in [2.75, 3.05) is 6.54 Å². The molecule has 0 aliphatic rings. The predicted molar refractivity (Wildman–Crippen MR) is 75.7 cm³/mol. The molecule has 2 rings (SSSR count). The van der Waals surface area contributed by atoms with Crippen LogP contribution in [0.15, 0.2) is 11.4 Å². The van der Waals surface area contributed by atoms with Gasteiger partial charge in [0.2, 0.25) is 0 Å². The second-order valence-corrected chi connectivity index (χ2v) is 6.28. The Labute approximate surface area is 123 Å². The van der Waals surface area contributed by atoms with E-state index in [2.05, 4.69) is 30.4 Å². The number of H-pyrrole nitrogens is 1. The summed E-state index contributed by atoms with van der Waals surface area (Å²) in [6.07, 6.45) is 1.51. The van der Waals surface area contributed by atoms with E-state index in [1.54, 1.807) is 18.5 Å². The molecule has 0 radical (unpaired) electrons. The summed E-state index contributed by atoms with van der Waals surface area (Å²) in [6.45, 7) is 5.00. The zero-order valence-electron chi connectivity index (χ0n) is 12.2. The monoisotopic (exact) mass is 313 g/mol. The normalized spacial score (nSPS) is 12.0. The zero-order valence-corrected chi connectivity index (χ0v) is 13.0. The Morgan fingerprint density at radius 3 is 2.76 bits per heavy atom. The van der Waals surface area contributed by atoms with Gasteiger partial charge in [-0.05, 0) is 13.5 Å². The van der Waals surface area contributed by atoms with E-state index in [0.29, 0.717) is 17.9 Å². The summed E-state index contributed by atoms with van der Waals surface area (Å²) in [7, 11) is -1.96. The van der Waals surface area contributed by atoms with E-state index in [1.165, 1.54) is 6.33 Å². The topological polar surface area (TPSA) is 118 Å². The minimum absolute atomic E-state index is 0.0168. The molecule has 116 valence electrons. The van der Waals surface area contributed by atoms with Gasteiger partial charge in [0.15, 0.2) is 5.03 Å². The number of aromatic amines is 1. The van der Waals surface area contributed by atoms with Gasteiger partial charge in [-0.15, -0.1) is 10.2 Å². The minimum Gasteiger partial charge on any atom is -0.320 e. The Kier molecular flexibility index (Phi) is 4.70.